The van der Waals surface area contributed by atoms with Crippen molar-refractivity contribution in [2.75, 3.05) is 32.8 Å². The van der Waals surface area contributed by atoms with Crippen LogP contribution in [0.4, 0.5) is 0 Å². The van der Waals surface area contributed by atoms with Crippen LogP contribution < -0.4 is 0 Å². The summed E-state index contributed by atoms with van der Waals surface area (Å²) in [6.45, 7) is 7.26. The fourth-order valence-electron chi connectivity index (χ4n) is 2.81. The smallest absolute Gasteiger partial charge is 0.0558 e. The summed E-state index contributed by atoms with van der Waals surface area (Å²) in [7, 11) is 0. The Kier molecular flexibility index (Phi) is 4.00. The Hall–Kier alpha value is -0.120. The van der Waals surface area contributed by atoms with Gasteiger partial charge in [0.15, 0.2) is 0 Å². The number of aliphatic hydroxyl groups excluding tert-OH is 1. The number of nitrogens with zero attached hydrogens (tertiary/aromatic N) is 2. The molecule has 0 spiro atoms. The molecule has 0 bridgehead atoms. The van der Waals surface area contributed by atoms with Gasteiger partial charge in [0.05, 0.1) is 6.61 Å². The molecule has 0 aromatic heterocycles. The first-order chi connectivity index (χ1) is 7.35. The van der Waals surface area contributed by atoms with Crippen molar-refractivity contribution < 1.29 is 5.11 Å². The van der Waals surface area contributed by atoms with Gasteiger partial charge in [0.2, 0.25) is 0 Å². The molecule has 2 atom stereocenters. The number of rotatable bonds is 6. The minimum atomic E-state index is 0.317. The highest BCUT2D eigenvalue weighted by Gasteiger charge is 2.30. The van der Waals surface area contributed by atoms with Crippen LogP contribution in [0.25, 0.3) is 0 Å². The van der Waals surface area contributed by atoms with Crippen LogP contribution in [0.2, 0.25) is 0 Å². The predicted octanol–water partition coefficient (Wildman–Crippen LogP) is 0.927. The molecule has 0 amide bonds. The van der Waals surface area contributed by atoms with E-state index in [1.54, 1.807) is 0 Å². The summed E-state index contributed by atoms with van der Waals surface area (Å²) in [6, 6.07) is 1.63. The third-order valence-corrected chi connectivity index (χ3v) is 4.14. The van der Waals surface area contributed by atoms with Crippen LogP contribution >= 0.6 is 0 Å². The van der Waals surface area contributed by atoms with Crippen molar-refractivity contribution in [1.82, 2.24) is 9.80 Å². The summed E-state index contributed by atoms with van der Waals surface area (Å²) in [5, 5.41) is 8.88. The molecule has 0 aromatic rings. The van der Waals surface area contributed by atoms with Gasteiger partial charge in [0.1, 0.15) is 0 Å². The molecule has 3 nitrogen and oxygen atoms in total. The van der Waals surface area contributed by atoms with Crippen molar-refractivity contribution in [3.8, 4) is 0 Å². The van der Waals surface area contributed by atoms with Gasteiger partial charge in [-0.15, -0.1) is 0 Å². The van der Waals surface area contributed by atoms with E-state index in [4.69, 9.17) is 5.11 Å². The van der Waals surface area contributed by atoms with Crippen LogP contribution in [0, 0.1) is 0 Å². The average Bonchev–Trinajstić information content (AvgIpc) is 2.18. The van der Waals surface area contributed by atoms with Crippen LogP contribution in [0.5, 0.6) is 0 Å². The molecule has 2 rings (SSSR count). The maximum Gasteiger partial charge on any atom is 0.0558 e. The van der Waals surface area contributed by atoms with Gasteiger partial charge in [-0.2, -0.15) is 0 Å². The molecule has 0 aliphatic carbocycles. The lowest BCUT2D eigenvalue weighted by atomic mass is 9.96. The number of likely N-dealkylation sites (tertiary alicyclic amines) is 2. The fourth-order valence-corrected chi connectivity index (χ4v) is 2.81. The van der Waals surface area contributed by atoms with Crippen molar-refractivity contribution in [3.63, 3.8) is 0 Å². The van der Waals surface area contributed by atoms with E-state index in [-0.39, 0.29) is 0 Å². The molecule has 2 aliphatic rings. The topological polar surface area (TPSA) is 26.7 Å². The van der Waals surface area contributed by atoms with Gasteiger partial charge in [0, 0.05) is 25.2 Å². The summed E-state index contributed by atoms with van der Waals surface area (Å²) in [4.78, 5) is 5.04. The number of hydrogen-bond donors (Lipinski definition) is 1. The van der Waals surface area contributed by atoms with Crippen LogP contribution in [-0.4, -0.2) is 59.8 Å². The van der Waals surface area contributed by atoms with E-state index in [0.29, 0.717) is 6.61 Å². The molecule has 2 saturated heterocycles. The molecule has 0 saturated carbocycles. The minimum absolute atomic E-state index is 0.317. The zero-order valence-corrected chi connectivity index (χ0v) is 9.86. The Balaban J connectivity index is 1.61. The molecule has 2 heterocycles. The van der Waals surface area contributed by atoms with Crippen LogP contribution in [0.15, 0.2) is 0 Å². The highest BCUT2D eigenvalue weighted by molar-refractivity contribution is 4.87. The molecule has 2 fully saturated rings. The van der Waals surface area contributed by atoms with Gasteiger partial charge >= 0.3 is 0 Å². The van der Waals surface area contributed by atoms with Crippen molar-refractivity contribution in [2.45, 2.75) is 44.7 Å². The van der Waals surface area contributed by atoms with Gasteiger partial charge in [-0.1, -0.05) is 6.92 Å². The minimum Gasteiger partial charge on any atom is -0.395 e. The second-order valence-corrected chi connectivity index (χ2v) is 4.88. The Labute approximate surface area is 93.1 Å². The SMILES string of the molecule is CC[C@@H]1CCN1CCC1CCN1CCO. The molecule has 2 aliphatic heterocycles. The van der Waals surface area contributed by atoms with Gasteiger partial charge in [-0.3, -0.25) is 4.90 Å². The average molecular weight is 212 g/mol. The van der Waals surface area contributed by atoms with Crippen molar-refractivity contribution in [2.24, 2.45) is 0 Å². The van der Waals surface area contributed by atoms with Crippen molar-refractivity contribution in [3.05, 3.63) is 0 Å². The number of hydrogen-bond acceptors (Lipinski definition) is 3. The van der Waals surface area contributed by atoms with Crippen molar-refractivity contribution >= 4 is 0 Å². The molecule has 3 heteroatoms. The summed E-state index contributed by atoms with van der Waals surface area (Å²) >= 11 is 0. The third-order valence-electron chi connectivity index (χ3n) is 4.14. The van der Waals surface area contributed by atoms with Crippen LogP contribution in [0.1, 0.15) is 32.6 Å². The van der Waals surface area contributed by atoms with Crippen molar-refractivity contribution in [1.29, 1.82) is 0 Å². The largest absolute Gasteiger partial charge is 0.395 e. The highest BCUT2D eigenvalue weighted by atomic mass is 16.3. The summed E-state index contributed by atoms with van der Waals surface area (Å²) < 4.78 is 0. The third kappa shape index (κ3) is 2.52. The Morgan fingerprint density at radius 3 is 2.20 bits per heavy atom. The normalized spacial score (nSPS) is 32.4. The van der Waals surface area contributed by atoms with Gasteiger partial charge in [-0.05, 0) is 38.8 Å². The van der Waals surface area contributed by atoms with E-state index in [9.17, 15) is 0 Å². The summed E-state index contributed by atoms with van der Waals surface area (Å²) in [5.41, 5.74) is 0. The molecule has 0 radical (unpaired) electrons. The standard InChI is InChI=1S/C12H24N2O/c1-2-11-3-6-13(11)7-4-12-5-8-14(12)9-10-15/h11-12,15H,2-10H2,1H3/t11-,12?/m1/s1. The first-order valence-corrected chi connectivity index (χ1v) is 6.44. The van der Waals surface area contributed by atoms with E-state index >= 15 is 0 Å². The monoisotopic (exact) mass is 212 g/mol. The first-order valence-electron chi connectivity index (χ1n) is 6.44. The highest BCUT2D eigenvalue weighted by Crippen LogP contribution is 2.24. The molecule has 15 heavy (non-hydrogen) atoms. The van der Waals surface area contributed by atoms with Gasteiger partial charge in [0.25, 0.3) is 0 Å². The molecule has 1 unspecified atom stereocenters. The van der Waals surface area contributed by atoms with Crippen LogP contribution in [-0.2, 0) is 0 Å². The zero-order valence-electron chi connectivity index (χ0n) is 9.86. The molecule has 0 aromatic carbocycles. The molecular formula is C12H24N2O. The van der Waals surface area contributed by atoms with Gasteiger partial charge in [-0.25, -0.2) is 0 Å². The molecule has 88 valence electrons. The number of β-amino-alcohol motifs (C(OH)–C–C–N with tert-alkyl or cyclic N) is 1. The second kappa shape index (κ2) is 5.28. The van der Waals surface area contributed by atoms with Gasteiger partial charge < -0.3 is 10.0 Å². The fraction of sp³-hybridized carbons (Fsp3) is 1.00. The maximum atomic E-state index is 8.88. The quantitative estimate of drug-likeness (QED) is 0.709. The van der Waals surface area contributed by atoms with E-state index in [2.05, 4.69) is 16.7 Å². The summed E-state index contributed by atoms with van der Waals surface area (Å²) in [5.74, 6) is 0. The Morgan fingerprint density at radius 1 is 1.07 bits per heavy atom. The van der Waals surface area contributed by atoms with Crippen LogP contribution in [0.3, 0.4) is 0 Å². The molecular weight excluding hydrogens is 188 g/mol. The Morgan fingerprint density at radius 2 is 1.73 bits per heavy atom. The second-order valence-electron chi connectivity index (χ2n) is 4.88. The summed E-state index contributed by atoms with van der Waals surface area (Å²) in [6.07, 6.45) is 5.35. The van der Waals surface area contributed by atoms with E-state index in [1.165, 1.54) is 45.3 Å². The lowest BCUT2D eigenvalue weighted by Gasteiger charge is -2.45. The molecule has 1 N–H and O–H groups in total. The van der Waals surface area contributed by atoms with E-state index in [1.807, 2.05) is 0 Å². The first kappa shape index (κ1) is 11.4. The van der Waals surface area contributed by atoms with E-state index < -0.39 is 0 Å². The number of aliphatic hydroxyl groups is 1. The lowest BCUT2D eigenvalue weighted by Crippen LogP contribution is -2.53. The zero-order chi connectivity index (χ0) is 10.7. The maximum absolute atomic E-state index is 8.88. The predicted molar refractivity (Wildman–Crippen MR) is 61.9 cm³/mol. The lowest BCUT2D eigenvalue weighted by molar-refractivity contribution is 0.0314. The Bertz CT molecular complexity index is 196. The van der Waals surface area contributed by atoms with E-state index in [0.717, 1.165) is 18.6 Å².